The van der Waals surface area contributed by atoms with Crippen LogP contribution in [0.1, 0.15) is 23.5 Å². The molecule has 0 aromatic heterocycles. The van der Waals surface area contributed by atoms with Crippen LogP contribution in [0.5, 0.6) is 0 Å². The van der Waals surface area contributed by atoms with Crippen LogP contribution in [0.4, 0.5) is 0 Å². The number of nitrogens with zero attached hydrogens (tertiary/aromatic N) is 1. The van der Waals surface area contributed by atoms with Gasteiger partial charge in [-0.3, -0.25) is 0 Å². The molecule has 0 spiro atoms. The Labute approximate surface area is 96.2 Å². The van der Waals surface area contributed by atoms with Crippen molar-refractivity contribution in [2.45, 2.75) is 19.3 Å². The van der Waals surface area contributed by atoms with Crippen molar-refractivity contribution in [1.82, 2.24) is 4.31 Å². The van der Waals surface area contributed by atoms with Crippen molar-refractivity contribution in [3.05, 3.63) is 35.4 Å². The molecule has 1 atom stereocenters. The van der Waals surface area contributed by atoms with Crippen molar-refractivity contribution < 1.29 is 8.42 Å². The van der Waals surface area contributed by atoms with Crippen LogP contribution >= 0.6 is 0 Å². The summed E-state index contributed by atoms with van der Waals surface area (Å²) < 4.78 is 23.7. The van der Waals surface area contributed by atoms with E-state index in [4.69, 9.17) is 5.14 Å². The van der Waals surface area contributed by atoms with Crippen molar-refractivity contribution in [3.8, 4) is 0 Å². The van der Waals surface area contributed by atoms with Gasteiger partial charge in [0.05, 0.1) is 0 Å². The second-order valence-corrected chi connectivity index (χ2v) is 5.85. The summed E-state index contributed by atoms with van der Waals surface area (Å²) >= 11 is 0. The highest BCUT2D eigenvalue weighted by atomic mass is 32.2. The van der Waals surface area contributed by atoms with E-state index in [1.54, 1.807) is 0 Å². The van der Waals surface area contributed by atoms with E-state index in [1.165, 1.54) is 15.4 Å². The van der Waals surface area contributed by atoms with E-state index in [0.717, 1.165) is 6.42 Å². The number of benzene rings is 1. The lowest BCUT2D eigenvalue weighted by atomic mass is 9.98. The quantitative estimate of drug-likeness (QED) is 0.837. The summed E-state index contributed by atoms with van der Waals surface area (Å²) in [5, 5.41) is 5.10. The van der Waals surface area contributed by atoms with Gasteiger partial charge in [0.1, 0.15) is 0 Å². The maximum Gasteiger partial charge on any atom is 0.276 e. The lowest BCUT2D eigenvalue weighted by Gasteiger charge is -2.13. The van der Waals surface area contributed by atoms with Gasteiger partial charge in [0.15, 0.2) is 0 Å². The van der Waals surface area contributed by atoms with Crippen LogP contribution in [-0.4, -0.2) is 25.8 Å². The second-order valence-electron chi connectivity index (χ2n) is 4.30. The number of hydrogen-bond donors (Lipinski definition) is 1. The third-order valence-corrected chi connectivity index (χ3v) is 4.11. The lowest BCUT2D eigenvalue weighted by molar-refractivity contribution is 0.474. The normalized spacial score (nSPS) is 22.5. The van der Waals surface area contributed by atoms with E-state index in [0.29, 0.717) is 13.1 Å². The zero-order valence-corrected chi connectivity index (χ0v) is 10.1. The molecule has 1 unspecified atom stereocenters. The van der Waals surface area contributed by atoms with Gasteiger partial charge in [-0.15, -0.1) is 0 Å². The van der Waals surface area contributed by atoms with Crippen LogP contribution in [0.2, 0.25) is 0 Å². The molecule has 0 radical (unpaired) electrons. The summed E-state index contributed by atoms with van der Waals surface area (Å²) in [7, 11) is -3.52. The number of nitrogens with two attached hydrogens (primary N) is 1. The van der Waals surface area contributed by atoms with E-state index in [-0.39, 0.29) is 5.92 Å². The summed E-state index contributed by atoms with van der Waals surface area (Å²) in [6.07, 6.45) is 0.847. The molecule has 5 heteroatoms. The largest absolute Gasteiger partial charge is 0.276 e. The smallest absolute Gasteiger partial charge is 0.216 e. The van der Waals surface area contributed by atoms with Gasteiger partial charge >= 0.3 is 0 Å². The summed E-state index contributed by atoms with van der Waals surface area (Å²) in [4.78, 5) is 0. The van der Waals surface area contributed by atoms with E-state index < -0.39 is 10.2 Å². The van der Waals surface area contributed by atoms with Gasteiger partial charge in [0.25, 0.3) is 10.2 Å². The van der Waals surface area contributed by atoms with Gasteiger partial charge in [0.2, 0.25) is 0 Å². The van der Waals surface area contributed by atoms with Crippen molar-refractivity contribution in [3.63, 3.8) is 0 Å². The standard InChI is InChI=1S/C11H16N2O2S/c1-9-2-4-10(5-3-9)11-6-7-13(8-11)16(12,14)15/h2-5,11H,6-8H2,1H3,(H2,12,14,15). The fraction of sp³-hybridized carbons (Fsp3) is 0.455. The Balaban J connectivity index is 2.12. The summed E-state index contributed by atoms with van der Waals surface area (Å²) in [5.74, 6) is 0.277. The summed E-state index contributed by atoms with van der Waals surface area (Å²) in [6.45, 7) is 3.06. The molecule has 16 heavy (non-hydrogen) atoms. The highest BCUT2D eigenvalue weighted by Crippen LogP contribution is 2.28. The summed E-state index contributed by atoms with van der Waals surface area (Å²) in [5.41, 5.74) is 2.40. The Hall–Kier alpha value is -0.910. The molecule has 4 nitrogen and oxygen atoms in total. The van der Waals surface area contributed by atoms with Crippen LogP contribution in [0.3, 0.4) is 0 Å². The molecule has 0 saturated carbocycles. The molecule has 1 aliphatic rings. The van der Waals surface area contributed by atoms with Gasteiger partial charge < -0.3 is 0 Å². The Morgan fingerprint density at radius 1 is 1.31 bits per heavy atom. The molecule has 1 aromatic rings. The van der Waals surface area contributed by atoms with Crippen molar-refractivity contribution in [2.75, 3.05) is 13.1 Å². The molecule has 1 heterocycles. The first kappa shape index (κ1) is 11.6. The molecular formula is C11H16N2O2S. The third kappa shape index (κ3) is 2.42. The molecule has 1 aliphatic heterocycles. The van der Waals surface area contributed by atoms with Crippen molar-refractivity contribution >= 4 is 10.2 Å². The minimum atomic E-state index is -3.52. The predicted octanol–water partition coefficient (Wildman–Crippen LogP) is 0.988. The third-order valence-electron chi connectivity index (χ3n) is 3.06. The van der Waals surface area contributed by atoms with Crippen LogP contribution in [0.15, 0.2) is 24.3 Å². The lowest BCUT2D eigenvalue weighted by Crippen LogP contribution is -2.34. The number of rotatable bonds is 2. The Morgan fingerprint density at radius 3 is 2.44 bits per heavy atom. The van der Waals surface area contributed by atoms with Gasteiger partial charge in [-0.2, -0.15) is 12.7 Å². The van der Waals surface area contributed by atoms with E-state index in [2.05, 4.69) is 24.3 Å². The zero-order chi connectivity index (χ0) is 11.8. The molecular weight excluding hydrogens is 224 g/mol. The molecule has 88 valence electrons. The first-order chi connectivity index (χ1) is 7.47. The number of aryl methyl sites for hydroxylation is 1. The van der Waals surface area contributed by atoms with Gasteiger partial charge in [0, 0.05) is 13.1 Å². The van der Waals surface area contributed by atoms with Crippen LogP contribution < -0.4 is 5.14 Å². The minimum absolute atomic E-state index is 0.277. The molecule has 0 aliphatic carbocycles. The predicted molar refractivity (Wildman–Crippen MR) is 63.2 cm³/mol. The summed E-state index contributed by atoms with van der Waals surface area (Å²) in [6, 6.07) is 8.23. The van der Waals surface area contributed by atoms with Gasteiger partial charge in [-0.05, 0) is 24.8 Å². The van der Waals surface area contributed by atoms with E-state index >= 15 is 0 Å². The number of hydrogen-bond acceptors (Lipinski definition) is 2. The van der Waals surface area contributed by atoms with Crippen LogP contribution in [0, 0.1) is 6.92 Å². The molecule has 1 fully saturated rings. The first-order valence-corrected chi connectivity index (χ1v) is 6.81. The Morgan fingerprint density at radius 2 is 1.94 bits per heavy atom. The fourth-order valence-corrected chi connectivity index (χ4v) is 2.82. The molecule has 2 N–H and O–H groups in total. The van der Waals surface area contributed by atoms with Crippen molar-refractivity contribution in [2.24, 2.45) is 5.14 Å². The van der Waals surface area contributed by atoms with Gasteiger partial charge in [-0.25, -0.2) is 5.14 Å². The maximum absolute atomic E-state index is 11.2. The molecule has 1 aromatic carbocycles. The fourth-order valence-electron chi connectivity index (χ4n) is 2.07. The SMILES string of the molecule is Cc1ccc(C2CCN(S(N)(=O)=O)C2)cc1. The van der Waals surface area contributed by atoms with Crippen LogP contribution in [-0.2, 0) is 10.2 Å². The van der Waals surface area contributed by atoms with E-state index in [9.17, 15) is 8.42 Å². The van der Waals surface area contributed by atoms with Gasteiger partial charge in [-0.1, -0.05) is 29.8 Å². The average molecular weight is 240 g/mol. The molecule has 0 amide bonds. The highest BCUT2D eigenvalue weighted by molar-refractivity contribution is 7.86. The zero-order valence-electron chi connectivity index (χ0n) is 9.26. The molecule has 0 bridgehead atoms. The average Bonchev–Trinajstić information content (AvgIpc) is 2.67. The topological polar surface area (TPSA) is 63.4 Å². The first-order valence-electron chi connectivity index (χ1n) is 5.31. The second kappa shape index (κ2) is 4.16. The Bertz CT molecular complexity index is 467. The molecule has 1 saturated heterocycles. The van der Waals surface area contributed by atoms with Crippen LogP contribution in [0.25, 0.3) is 0 Å². The van der Waals surface area contributed by atoms with E-state index in [1.807, 2.05) is 6.92 Å². The minimum Gasteiger partial charge on any atom is -0.216 e. The highest BCUT2D eigenvalue weighted by Gasteiger charge is 2.29. The molecule has 2 rings (SSSR count). The Kier molecular flexibility index (Phi) is 3.01. The maximum atomic E-state index is 11.2. The van der Waals surface area contributed by atoms with Crippen molar-refractivity contribution in [1.29, 1.82) is 0 Å². The monoisotopic (exact) mass is 240 g/mol.